The third-order valence-corrected chi connectivity index (χ3v) is 6.04. The molecule has 0 aliphatic heterocycles. The van der Waals surface area contributed by atoms with Crippen molar-refractivity contribution in [3.63, 3.8) is 0 Å². The normalized spacial score (nSPS) is 20.2. The van der Waals surface area contributed by atoms with Crippen molar-refractivity contribution >= 4 is 16.7 Å². The van der Waals surface area contributed by atoms with Crippen molar-refractivity contribution in [2.24, 2.45) is 5.73 Å². The molecule has 7 nitrogen and oxygen atoms in total. The molecular formula is C21H24N6O. The Kier molecular flexibility index (Phi) is 3.87. The van der Waals surface area contributed by atoms with Crippen LogP contribution in [-0.4, -0.2) is 30.2 Å². The monoisotopic (exact) mass is 376 g/mol. The summed E-state index contributed by atoms with van der Waals surface area (Å²) in [6, 6.07) is 6.81. The Morgan fingerprint density at radius 2 is 1.89 bits per heavy atom. The molecular weight excluding hydrogens is 352 g/mol. The van der Waals surface area contributed by atoms with Gasteiger partial charge in [0.25, 0.3) is 0 Å². The second-order valence-electron chi connectivity index (χ2n) is 7.99. The maximum Gasteiger partial charge on any atom is 0.326 e. The van der Waals surface area contributed by atoms with E-state index in [9.17, 15) is 4.79 Å². The lowest BCUT2D eigenvalue weighted by molar-refractivity contribution is 0.324. The van der Waals surface area contributed by atoms with Gasteiger partial charge in [-0.05, 0) is 74.4 Å². The van der Waals surface area contributed by atoms with Crippen LogP contribution < -0.4 is 11.4 Å². The highest BCUT2D eigenvalue weighted by Crippen LogP contribution is 2.32. The fourth-order valence-electron chi connectivity index (χ4n) is 4.55. The fourth-order valence-corrected chi connectivity index (χ4v) is 4.55. The van der Waals surface area contributed by atoms with Crippen molar-refractivity contribution in [2.45, 2.75) is 51.6 Å². The van der Waals surface area contributed by atoms with E-state index in [4.69, 9.17) is 5.73 Å². The van der Waals surface area contributed by atoms with Crippen molar-refractivity contribution in [1.29, 1.82) is 0 Å². The predicted octanol–water partition coefficient (Wildman–Crippen LogP) is 3.10. The summed E-state index contributed by atoms with van der Waals surface area (Å²) < 4.78 is 3.73. The average molecular weight is 376 g/mol. The molecule has 0 saturated heterocycles. The molecule has 1 aliphatic rings. The summed E-state index contributed by atoms with van der Waals surface area (Å²) in [5.41, 5.74) is 13.1. The van der Waals surface area contributed by atoms with Gasteiger partial charge in [0.15, 0.2) is 5.65 Å². The van der Waals surface area contributed by atoms with Gasteiger partial charge in [0.1, 0.15) is 6.33 Å². The summed E-state index contributed by atoms with van der Waals surface area (Å²) >= 11 is 0. The quantitative estimate of drug-likeness (QED) is 0.562. The molecule has 144 valence electrons. The summed E-state index contributed by atoms with van der Waals surface area (Å²) in [6.07, 6.45) is 7.40. The van der Waals surface area contributed by atoms with Gasteiger partial charge in [0, 0.05) is 23.8 Å². The largest absolute Gasteiger partial charge is 0.328 e. The van der Waals surface area contributed by atoms with Gasteiger partial charge in [-0.2, -0.15) is 5.10 Å². The number of nitrogens with zero attached hydrogens (tertiary/aromatic N) is 4. The first-order valence-electron chi connectivity index (χ1n) is 9.82. The Balaban J connectivity index is 1.64. The van der Waals surface area contributed by atoms with Crippen LogP contribution in [0.15, 0.2) is 35.5 Å². The minimum absolute atomic E-state index is 0.0325. The number of aromatic amines is 1. The summed E-state index contributed by atoms with van der Waals surface area (Å²) in [5, 5.41) is 4.28. The zero-order valence-corrected chi connectivity index (χ0v) is 16.1. The van der Waals surface area contributed by atoms with Crippen LogP contribution in [0.1, 0.15) is 42.9 Å². The third kappa shape index (κ3) is 2.65. The Labute approximate surface area is 162 Å². The lowest BCUT2D eigenvalue weighted by Crippen LogP contribution is -2.31. The lowest BCUT2D eigenvalue weighted by atomic mass is 9.91. The van der Waals surface area contributed by atoms with Crippen molar-refractivity contribution < 1.29 is 0 Å². The van der Waals surface area contributed by atoms with Crippen LogP contribution >= 0.6 is 0 Å². The maximum atomic E-state index is 12.7. The first-order chi connectivity index (χ1) is 13.5. The molecule has 1 saturated carbocycles. The number of nitrogens with one attached hydrogen (secondary N) is 1. The molecule has 0 spiro atoms. The summed E-state index contributed by atoms with van der Waals surface area (Å²) in [4.78, 5) is 20.1. The molecule has 5 rings (SSSR count). The van der Waals surface area contributed by atoms with E-state index in [1.54, 1.807) is 10.8 Å². The van der Waals surface area contributed by atoms with Gasteiger partial charge >= 0.3 is 5.69 Å². The number of benzene rings is 1. The first-order valence-corrected chi connectivity index (χ1v) is 9.82. The number of aromatic nitrogens is 5. The van der Waals surface area contributed by atoms with Crippen molar-refractivity contribution in [3.8, 4) is 11.1 Å². The van der Waals surface area contributed by atoms with E-state index in [1.807, 2.05) is 17.7 Å². The lowest BCUT2D eigenvalue weighted by Gasteiger charge is -2.27. The van der Waals surface area contributed by atoms with Crippen molar-refractivity contribution in [1.82, 2.24) is 24.1 Å². The van der Waals surface area contributed by atoms with Crippen molar-refractivity contribution in [2.75, 3.05) is 0 Å². The molecule has 0 atom stereocenters. The maximum absolute atomic E-state index is 12.7. The smallest absolute Gasteiger partial charge is 0.326 e. The van der Waals surface area contributed by atoms with Crippen LogP contribution in [0.25, 0.3) is 27.8 Å². The summed E-state index contributed by atoms with van der Waals surface area (Å²) in [7, 11) is 0. The molecule has 4 aromatic rings. The molecule has 3 aromatic heterocycles. The van der Waals surface area contributed by atoms with Crippen LogP contribution in [0.3, 0.4) is 0 Å². The van der Waals surface area contributed by atoms with Gasteiger partial charge in [0.05, 0.1) is 11.0 Å². The number of aryl methyl sites for hydroxylation is 2. The van der Waals surface area contributed by atoms with E-state index < -0.39 is 0 Å². The number of hydrogen-bond donors (Lipinski definition) is 2. The minimum atomic E-state index is -0.0325. The molecule has 0 bridgehead atoms. The molecule has 3 N–H and O–H groups in total. The number of imidazole rings is 1. The standard InChI is InChI=1S/C21H24N6O/c1-12-8-19-18(25-21(28)27(19)16-5-3-15(22)4-6-16)9-17(12)14-7-13(2)20-23-11-24-26(20)10-14/h7-11,15-16H,3-6,22H2,1-2H3,(H,25,28). The van der Waals surface area contributed by atoms with E-state index in [1.165, 1.54) is 0 Å². The third-order valence-electron chi connectivity index (χ3n) is 6.04. The Morgan fingerprint density at radius 1 is 1.11 bits per heavy atom. The highest BCUT2D eigenvalue weighted by molar-refractivity contribution is 5.84. The van der Waals surface area contributed by atoms with Crippen LogP contribution in [0.5, 0.6) is 0 Å². The van der Waals surface area contributed by atoms with Gasteiger partial charge in [-0.25, -0.2) is 14.3 Å². The topological polar surface area (TPSA) is 94.0 Å². The number of nitrogens with two attached hydrogens (primary N) is 1. The summed E-state index contributed by atoms with van der Waals surface area (Å²) in [6.45, 7) is 4.13. The van der Waals surface area contributed by atoms with Crippen LogP contribution in [0, 0.1) is 13.8 Å². The number of H-pyrrole nitrogens is 1. The van der Waals surface area contributed by atoms with Gasteiger partial charge in [-0.3, -0.25) is 4.57 Å². The van der Waals surface area contributed by atoms with Crippen LogP contribution in [-0.2, 0) is 0 Å². The van der Waals surface area contributed by atoms with Crippen molar-refractivity contribution in [3.05, 3.63) is 52.3 Å². The van der Waals surface area contributed by atoms with Gasteiger partial charge < -0.3 is 10.7 Å². The van der Waals surface area contributed by atoms with Gasteiger partial charge in [-0.15, -0.1) is 0 Å². The van der Waals surface area contributed by atoms with Crippen LogP contribution in [0.4, 0.5) is 0 Å². The molecule has 0 unspecified atom stereocenters. The highest BCUT2D eigenvalue weighted by Gasteiger charge is 2.23. The molecule has 0 radical (unpaired) electrons. The Bertz CT molecular complexity index is 1240. The van der Waals surface area contributed by atoms with E-state index in [0.29, 0.717) is 0 Å². The van der Waals surface area contributed by atoms with Crippen LogP contribution in [0.2, 0.25) is 0 Å². The van der Waals surface area contributed by atoms with Gasteiger partial charge in [0.2, 0.25) is 0 Å². The molecule has 0 amide bonds. The van der Waals surface area contributed by atoms with Gasteiger partial charge in [-0.1, -0.05) is 0 Å². The number of fused-ring (bicyclic) bond motifs is 2. The highest BCUT2D eigenvalue weighted by atomic mass is 16.1. The SMILES string of the molecule is Cc1cc2c(cc1-c1cc(C)c3ncnn3c1)[nH]c(=O)n2C1CCC(N)CC1. The first kappa shape index (κ1) is 17.2. The summed E-state index contributed by atoms with van der Waals surface area (Å²) in [5.74, 6) is 0. The van der Waals surface area contributed by atoms with E-state index in [-0.39, 0.29) is 17.8 Å². The minimum Gasteiger partial charge on any atom is -0.328 e. The number of rotatable bonds is 2. The number of hydrogen-bond acceptors (Lipinski definition) is 4. The zero-order chi connectivity index (χ0) is 19.4. The molecule has 1 aromatic carbocycles. The van der Waals surface area contributed by atoms with E-state index in [2.05, 4.69) is 40.2 Å². The molecule has 1 fully saturated rings. The average Bonchev–Trinajstić information content (AvgIpc) is 3.26. The Morgan fingerprint density at radius 3 is 2.68 bits per heavy atom. The molecule has 3 heterocycles. The van der Waals surface area contributed by atoms with E-state index in [0.717, 1.165) is 64.6 Å². The zero-order valence-electron chi connectivity index (χ0n) is 16.1. The fraction of sp³-hybridized carbons (Fsp3) is 0.381. The second kappa shape index (κ2) is 6.31. The molecule has 7 heteroatoms. The number of pyridine rings is 1. The molecule has 1 aliphatic carbocycles. The van der Waals surface area contributed by atoms with E-state index >= 15 is 0 Å². The second-order valence-corrected chi connectivity index (χ2v) is 7.99. The predicted molar refractivity (Wildman–Crippen MR) is 109 cm³/mol. The molecule has 28 heavy (non-hydrogen) atoms. The Hall–Kier alpha value is -2.93.